The highest BCUT2D eigenvalue weighted by atomic mass is 16.6. The second-order valence-corrected chi connectivity index (χ2v) is 5.73. The van der Waals surface area contributed by atoms with Gasteiger partial charge in [0.25, 0.3) is 0 Å². The van der Waals surface area contributed by atoms with Crippen molar-refractivity contribution < 1.29 is 9.53 Å². The molecule has 1 aliphatic heterocycles. The molecule has 0 saturated carbocycles. The summed E-state index contributed by atoms with van der Waals surface area (Å²) in [4.78, 5) is 23.8. The fourth-order valence-electron chi connectivity index (χ4n) is 2.95. The fourth-order valence-corrected chi connectivity index (χ4v) is 2.95. The van der Waals surface area contributed by atoms with E-state index in [4.69, 9.17) is 4.74 Å². The van der Waals surface area contributed by atoms with E-state index in [1.165, 1.54) is 0 Å². The molecule has 0 radical (unpaired) electrons. The summed E-state index contributed by atoms with van der Waals surface area (Å²) in [6.07, 6.45) is 3.21. The number of pyridine rings is 1. The molecule has 1 N–H and O–H groups in total. The molecule has 1 fully saturated rings. The number of rotatable bonds is 2. The van der Waals surface area contributed by atoms with Gasteiger partial charge in [0, 0.05) is 49.5 Å². The van der Waals surface area contributed by atoms with Crippen LogP contribution < -0.4 is 9.64 Å². The summed E-state index contributed by atoms with van der Waals surface area (Å²) in [5, 5.41) is 0.915. The topological polar surface area (TPSA) is 61.5 Å². The van der Waals surface area contributed by atoms with Crippen LogP contribution in [0.3, 0.4) is 0 Å². The summed E-state index contributed by atoms with van der Waals surface area (Å²) in [6, 6.07) is 13.6. The SMILES string of the molecule is O=C(Oc1c[nH]c2ccccc12)N1CCN(c2ccccn2)CC1. The predicted molar refractivity (Wildman–Crippen MR) is 92.3 cm³/mol. The van der Waals surface area contributed by atoms with Crippen LogP contribution in [0.25, 0.3) is 10.9 Å². The first kappa shape index (κ1) is 14.6. The number of para-hydroxylation sites is 1. The number of fused-ring (bicyclic) bond motifs is 1. The van der Waals surface area contributed by atoms with E-state index in [0.29, 0.717) is 18.8 Å². The first-order valence-electron chi connectivity index (χ1n) is 8.00. The van der Waals surface area contributed by atoms with Crippen molar-refractivity contribution >= 4 is 22.8 Å². The van der Waals surface area contributed by atoms with Crippen LogP contribution >= 0.6 is 0 Å². The number of nitrogens with one attached hydrogen (secondary N) is 1. The van der Waals surface area contributed by atoms with Crippen molar-refractivity contribution in [3.63, 3.8) is 0 Å². The molecule has 1 saturated heterocycles. The molecule has 0 aliphatic carbocycles. The van der Waals surface area contributed by atoms with Crippen LogP contribution in [0.5, 0.6) is 5.75 Å². The number of nitrogens with zero attached hydrogens (tertiary/aromatic N) is 3. The van der Waals surface area contributed by atoms with Crippen LogP contribution in [0.4, 0.5) is 10.6 Å². The summed E-state index contributed by atoms with van der Waals surface area (Å²) in [7, 11) is 0. The van der Waals surface area contributed by atoms with Gasteiger partial charge in [0.05, 0.1) is 0 Å². The molecule has 0 unspecified atom stereocenters. The molecule has 24 heavy (non-hydrogen) atoms. The van der Waals surface area contributed by atoms with Crippen molar-refractivity contribution in [2.75, 3.05) is 31.1 Å². The molecule has 0 atom stereocenters. The number of aromatic nitrogens is 2. The van der Waals surface area contributed by atoms with Crippen molar-refractivity contribution in [2.45, 2.75) is 0 Å². The van der Waals surface area contributed by atoms with Gasteiger partial charge in [-0.15, -0.1) is 0 Å². The number of amides is 1. The van der Waals surface area contributed by atoms with Crippen molar-refractivity contribution in [3.05, 3.63) is 54.9 Å². The number of carbonyl (C=O) groups excluding carboxylic acids is 1. The molecule has 2 aromatic heterocycles. The lowest BCUT2D eigenvalue weighted by molar-refractivity contribution is 0.150. The van der Waals surface area contributed by atoms with Gasteiger partial charge in [-0.1, -0.05) is 18.2 Å². The molecular formula is C18H18N4O2. The molecule has 6 nitrogen and oxygen atoms in total. The fraction of sp³-hybridized carbons (Fsp3) is 0.222. The minimum absolute atomic E-state index is 0.305. The van der Waals surface area contributed by atoms with Crippen LogP contribution in [0, 0.1) is 0 Å². The van der Waals surface area contributed by atoms with Crippen LogP contribution in [0.1, 0.15) is 0 Å². The van der Waals surface area contributed by atoms with Crippen molar-refractivity contribution in [1.82, 2.24) is 14.9 Å². The summed E-state index contributed by atoms with van der Waals surface area (Å²) in [5.41, 5.74) is 0.959. The quantitative estimate of drug-likeness (QED) is 0.788. The number of piperazine rings is 1. The van der Waals surface area contributed by atoms with Gasteiger partial charge in [0.2, 0.25) is 0 Å². The largest absolute Gasteiger partial charge is 0.415 e. The number of benzene rings is 1. The molecule has 1 aliphatic rings. The normalized spacial score (nSPS) is 14.8. The van der Waals surface area contributed by atoms with E-state index >= 15 is 0 Å². The maximum atomic E-state index is 12.4. The number of anilines is 1. The average molecular weight is 322 g/mol. The van der Waals surface area contributed by atoms with E-state index < -0.39 is 0 Å². The second-order valence-electron chi connectivity index (χ2n) is 5.73. The van der Waals surface area contributed by atoms with Gasteiger partial charge >= 0.3 is 6.09 Å². The van der Waals surface area contributed by atoms with E-state index in [2.05, 4.69) is 14.9 Å². The molecular weight excluding hydrogens is 304 g/mol. The van der Waals surface area contributed by atoms with Gasteiger partial charge in [-0.05, 0) is 24.3 Å². The van der Waals surface area contributed by atoms with Gasteiger partial charge in [0.1, 0.15) is 5.82 Å². The predicted octanol–water partition coefficient (Wildman–Crippen LogP) is 2.88. The van der Waals surface area contributed by atoms with Crippen LogP contribution in [-0.4, -0.2) is 47.1 Å². The first-order chi connectivity index (χ1) is 11.8. The minimum atomic E-state index is -0.305. The molecule has 122 valence electrons. The summed E-state index contributed by atoms with van der Waals surface area (Å²) in [6.45, 7) is 2.75. The first-order valence-corrected chi connectivity index (χ1v) is 8.00. The van der Waals surface area contributed by atoms with Gasteiger partial charge in [-0.3, -0.25) is 0 Å². The van der Waals surface area contributed by atoms with Crippen LogP contribution in [0.2, 0.25) is 0 Å². The van der Waals surface area contributed by atoms with Gasteiger partial charge in [0.15, 0.2) is 5.75 Å². The third-order valence-electron chi connectivity index (χ3n) is 4.26. The summed E-state index contributed by atoms with van der Waals surface area (Å²) < 4.78 is 5.57. The number of aromatic amines is 1. The Labute approximate surface area is 139 Å². The Morgan fingerprint density at radius 1 is 1.04 bits per heavy atom. The van der Waals surface area contributed by atoms with Crippen LogP contribution in [-0.2, 0) is 0 Å². The van der Waals surface area contributed by atoms with Crippen molar-refractivity contribution in [3.8, 4) is 5.75 Å². The Hall–Kier alpha value is -3.02. The van der Waals surface area contributed by atoms with Gasteiger partial charge in [-0.2, -0.15) is 0 Å². The van der Waals surface area contributed by atoms with Crippen molar-refractivity contribution in [2.24, 2.45) is 0 Å². The number of hydrogen-bond acceptors (Lipinski definition) is 4. The van der Waals surface area contributed by atoms with E-state index in [1.807, 2.05) is 42.5 Å². The minimum Gasteiger partial charge on any atom is -0.408 e. The molecule has 1 aromatic carbocycles. The molecule has 4 rings (SSSR count). The highest BCUT2D eigenvalue weighted by molar-refractivity contribution is 5.88. The zero-order valence-electron chi connectivity index (χ0n) is 13.2. The van der Waals surface area contributed by atoms with Crippen molar-refractivity contribution in [1.29, 1.82) is 0 Å². The Morgan fingerprint density at radius 2 is 1.83 bits per heavy atom. The van der Waals surface area contributed by atoms with E-state index in [0.717, 1.165) is 29.8 Å². The zero-order chi connectivity index (χ0) is 16.4. The lowest BCUT2D eigenvalue weighted by Crippen LogP contribution is -2.49. The maximum absolute atomic E-state index is 12.4. The highest BCUT2D eigenvalue weighted by Crippen LogP contribution is 2.25. The third-order valence-corrected chi connectivity index (χ3v) is 4.26. The Morgan fingerprint density at radius 3 is 2.62 bits per heavy atom. The monoisotopic (exact) mass is 322 g/mol. The lowest BCUT2D eigenvalue weighted by atomic mass is 10.2. The van der Waals surface area contributed by atoms with Gasteiger partial charge in [-0.25, -0.2) is 9.78 Å². The van der Waals surface area contributed by atoms with Gasteiger partial charge < -0.3 is 19.5 Å². The third kappa shape index (κ3) is 2.78. The number of H-pyrrole nitrogens is 1. The molecule has 1 amide bonds. The molecule has 0 bridgehead atoms. The van der Waals surface area contributed by atoms with E-state index in [1.54, 1.807) is 17.3 Å². The molecule has 0 spiro atoms. The smallest absolute Gasteiger partial charge is 0.408 e. The zero-order valence-corrected chi connectivity index (χ0v) is 13.2. The van der Waals surface area contributed by atoms with E-state index in [9.17, 15) is 4.79 Å². The van der Waals surface area contributed by atoms with Crippen LogP contribution in [0.15, 0.2) is 54.9 Å². The number of hydrogen-bond donors (Lipinski definition) is 1. The number of ether oxygens (including phenoxy) is 1. The standard InChI is InChI=1S/C18H18N4O2/c23-18(24-16-13-20-15-6-2-1-5-14(15)16)22-11-9-21(10-12-22)17-7-3-4-8-19-17/h1-8,13,20H,9-12H2. The summed E-state index contributed by atoms with van der Waals surface area (Å²) in [5.74, 6) is 1.52. The second kappa shape index (κ2) is 6.23. The maximum Gasteiger partial charge on any atom is 0.415 e. The molecule has 3 aromatic rings. The Kier molecular flexibility index (Phi) is 3.78. The lowest BCUT2D eigenvalue weighted by Gasteiger charge is -2.34. The summed E-state index contributed by atoms with van der Waals surface area (Å²) >= 11 is 0. The number of carbonyl (C=O) groups is 1. The highest BCUT2D eigenvalue weighted by Gasteiger charge is 2.23. The molecule has 6 heteroatoms. The Balaban J connectivity index is 1.40. The van der Waals surface area contributed by atoms with E-state index in [-0.39, 0.29) is 6.09 Å². The average Bonchev–Trinajstić information content (AvgIpc) is 3.06. The Bertz CT molecular complexity index is 838. The molecule has 3 heterocycles.